The molecule has 3 heterocycles. The Kier molecular flexibility index (Phi) is 3.52. The molecule has 1 aromatic carbocycles. The molecule has 23 heavy (non-hydrogen) atoms. The largest absolute Gasteiger partial charge is 0.357 e. The van der Waals surface area contributed by atoms with E-state index in [0.29, 0.717) is 11.5 Å². The van der Waals surface area contributed by atoms with E-state index in [9.17, 15) is 4.79 Å². The molecule has 0 unspecified atom stereocenters. The van der Waals surface area contributed by atoms with E-state index in [1.54, 1.807) is 6.20 Å². The Morgan fingerprint density at radius 2 is 1.91 bits per heavy atom. The minimum absolute atomic E-state index is 0.0438. The minimum atomic E-state index is 0.0438. The lowest BCUT2D eigenvalue weighted by Crippen LogP contribution is -2.29. The van der Waals surface area contributed by atoms with E-state index in [1.165, 1.54) is 18.4 Å². The number of hydrogen-bond donors (Lipinski definition) is 0. The molecule has 1 aromatic heterocycles. The quantitative estimate of drug-likeness (QED) is 0.852. The number of aromatic nitrogens is 1. The molecule has 2 aliphatic heterocycles. The molecule has 118 valence electrons. The van der Waals surface area contributed by atoms with Crippen LogP contribution in [0.2, 0.25) is 0 Å². The summed E-state index contributed by atoms with van der Waals surface area (Å²) in [5.41, 5.74) is 2.95. The molecule has 0 bridgehead atoms. The van der Waals surface area contributed by atoms with Crippen molar-refractivity contribution in [3.63, 3.8) is 0 Å². The molecular weight excluding hydrogens is 286 g/mol. The van der Waals surface area contributed by atoms with Gasteiger partial charge in [0.05, 0.1) is 5.56 Å². The standard InChI is InChI=1S/C19H21N3O/c1-14-13-22(17-7-3-2-6-16(14)17)19(23)15-8-9-18(20-12-15)21-10-4-5-11-21/h2-3,6-9,12,14H,4-5,10-11,13H2,1H3/t14-/m1/s1. The van der Waals surface area contributed by atoms with Crippen LogP contribution in [0.4, 0.5) is 11.5 Å². The first kappa shape index (κ1) is 14.2. The Balaban J connectivity index is 1.58. The molecular formula is C19H21N3O. The van der Waals surface area contributed by atoms with Gasteiger partial charge in [0.2, 0.25) is 0 Å². The van der Waals surface area contributed by atoms with Crippen molar-refractivity contribution in [3.8, 4) is 0 Å². The molecule has 0 radical (unpaired) electrons. The van der Waals surface area contributed by atoms with Gasteiger partial charge in [-0.3, -0.25) is 4.79 Å². The van der Waals surface area contributed by atoms with Crippen LogP contribution in [-0.4, -0.2) is 30.5 Å². The van der Waals surface area contributed by atoms with Gasteiger partial charge in [0.25, 0.3) is 5.91 Å². The van der Waals surface area contributed by atoms with Crippen molar-refractivity contribution in [3.05, 3.63) is 53.7 Å². The topological polar surface area (TPSA) is 36.4 Å². The van der Waals surface area contributed by atoms with E-state index >= 15 is 0 Å². The fourth-order valence-electron chi connectivity index (χ4n) is 3.61. The molecule has 4 rings (SSSR count). The second-order valence-corrected chi connectivity index (χ2v) is 6.47. The molecule has 0 aliphatic carbocycles. The first-order chi connectivity index (χ1) is 11.2. The van der Waals surface area contributed by atoms with Gasteiger partial charge in [-0.25, -0.2) is 4.98 Å². The fourth-order valence-corrected chi connectivity index (χ4v) is 3.61. The van der Waals surface area contributed by atoms with Gasteiger partial charge in [-0.15, -0.1) is 0 Å². The average molecular weight is 307 g/mol. The predicted molar refractivity (Wildman–Crippen MR) is 92.2 cm³/mol. The number of para-hydroxylation sites is 1. The number of carbonyl (C=O) groups excluding carboxylic acids is 1. The molecule has 1 amide bonds. The molecule has 4 nitrogen and oxygen atoms in total. The number of carbonyl (C=O) groups is 1. The number of hydrogen-bond acceptors (Lipinski definition) is 3. The fraction of sp³-hybridized carbons (Fsp3) is 0.368. The van der Waals surface area contributed by atoms with Gasteiger partial charge >= 0.3 is 0 Å². The summed E-state index contributed by atoms with van der Waals surface area (Å²) in [5, 5.41) is 0. The van der Waals surface area contributed by atoms with E-state index in [0.717, 1.165) is 31.1 Å². The van der Waals surface area contributed by atoms with Gasteiger partial charge in [0.1, 0.15) is 5.82 Å². The first-order valence-electron chi connectivity index (χ1n) is 8.36. The lowest BCUT2D eigenvalue weighted by molar-refractivity contribution is 0.0988. The van der Waals surface area contributed by atoms with Crippen molar-refractivity contribution >= 4 is 17.4 Å². The summed E-state index contributed by atoms with van der Waals surface area (Å²) in [6, 6.07) is 12.1. The van der Waals surface area contributed by atoms with Crippen molar-refractivity contribution in [1.29, 1.82) is 0 Å². The summed E-state index contributed by atoms with van der Waals surface area (Å²) < 4.78 is 0. The van der Waals surface area contributed by atoms with Crippen LogP contribution in [0, 0.1) is 0 Å². The summed E-state index contributed by atoms with van der Waals surface area (Å²) in [4.78, 5) is 21.5. The highest BCUT2D eigenvalue weighted by Gasteiger charge is 2.30. The Bertz CT molecular complexity index is 720. The molecule has 0 saturated carbocycles. The van der Waals surface area contributed by atoms with E-state index in [-0.39, 0.29) is 5.91 Å². The number of benzene rings is 1. The van der Waals surface area contributed by atoms with E-state index in [4.69, 9.17) is 0 Å². The number of rotatable bonds is 2. The number of nitrogens with zero attached hydrogens (tertiary/aromatic N) is 3. The maximum Gasteiger partial charge on any atom is 0.259 e. The number of amides is 1. The third-order valence-electron chi connectivity index (χ3n) is 4.88. The molecule has 2 aliphatic rings. The lowest BCUT2D eigenvalue weighted by Gasteiger charge is -2.19. The highest BCUT2D eigenvalue weighted by Crippen LogP contribution is 2.36. The van der Waals surface area contributed by atoms with Gasteiger partial charge < -0.3 is 9.80 Å². The van der Waals surface area contributed by atoms with Crippen molar-refractivity contribution in [1.82, 2.24) is 4.98 Å². The monoisotopic (exact) mass is 307 g/mol. The predicted octanol–water partition coefficient (Wildman–Crippen LogP) is 3.45. The average Bonchev–Trinajstić information content (AvgIpc) is 3.23. The first-order valence-corrected chi connectivity index (χ1v) is 8.36. The van der Waals surface area contributed by atoms with Gasteiger partial charge in [0.15, 0.2) is 0 Å². The number of pyridine rings is 1. The highest BCUT2D eigenvalue weighted by molar-refractivity contribution is 6.07. The second-order valence-electron chi connectivity index (χ2n) is 6.47. The van der Waals surface area contributed by atoms with Crippen LogP contribution in [-0.2, 0) is 0 Å². The lowest BCUT2D eigenvalue weighted by atomic mass is 10.0. The van der Waals surface area contributed by atoms with E-state index in [2.05, 4.69) is 22.9 Å². The zero-order valence-electron chi connectivity index (χ0n) is 13.4. The van der Waals surface area contributed by atoms with Crippen LogP contribution in [0.3, 0.4) is 0 Å². The summed E-state index contributed by atoms with van der Waals surface area (Å²) in [6.07, 6.45) is 4.18. The zero-order valence-corrected chi connectivity index (χ0v) is 13.4. The number of anilines is 2. The minimum Gasteiger partial charge on any atom is -0.357 e. The van der Waals surface area contributed by atoms with Crippen LogP contribution < -0.4 is 9.80 Å². The van der Waals surface area contributed by atoms with E-state index in [1.807, 2.05) is 35.2 Å². The van der Waals surface area contributed by atoms with Crippen LogP contribution in [0.25, 0.3) is 0 Å². The van der Waals surface area contributed by atoms with Gasteiger partial charge in [0, 0.05) is 37.4 Å². The van der Waals surface area contributed by atoms with Crippen molar-refractivity contribution in [2.45, 2.75) is 25.7 Å². The normalized spacial score (nSPS) is 20.0. The van der Waals surface area contributed by atoms with Gasteiger partial charge in [-0.1, -0.05) is 25.1 Å². The third-order valence-corrected chi connectivity index (χ3v) is 4.88. The zero-order chi connectivity index (χ0) is 15.8. The van der Waals surface area contributed by atoms with Crippen molar-refractivity contribution < 1.29 is 4.79 Å². The molecule has 1 fully saturated rings. The Morgan fingerprint density at radius 1 is 1.13 bits per heavy atom. The molecule has 4 heteroatoms. The van der Waals surface area contributed by atoms with Gasteiger partial charge in [-0.2, -0.15) is 0 Å². The Labute approximate surface area is 136 Å². The van der Waals surface area contributed by atoms with Crippen LogP contribution in [0.15, 0.2) is 42.6 Å². The maximum atomic E-state index is 12.9. The summed E-state index contributed by atoms with van der Waals surface area (Å²) in [5.74, 6) is 1.41. The smallest absolute Gasteiger partial charge is 0.259 e. The Morgan fingerprint density at radius 3 is 2.65 bits per heavy atom. The highest BCUT2D eigenvalue weighted by atomic mass is 16.2. The van der Waals surface area contributed by atoms with Crippen LogP contribution in [0.1, 0.15) is 41.6 Å². The molecule has 1 atom stereocenters. The van der Waals surface area contributed by atoms with Crippen molar-refractivity contribution in [2.24, 2.45) is 0 Å². The van der Waals surface area contributed by atoms with Gasteiger partial charge in [-0.05, 0) is 36.6 Å². The van der Waals surface area contributed by atoms with Crippen LogP contribution >= 0.6 is 0 Å². The summed E-state index contributed by atoms with van der Waals surface area (Å²) in [6.45, 7) is 5.04. The van der Waals surface area contributed by atoms with E-state index < -0.39 is 0 Å². The third kappa shape index (κ3) is 2.48. The Hall–Kier alpha value is -2.36. The number of fused-ring (bicyclic) bond motifs is 1. The SMILES string of the molecule is C[C@@H]1CN(C(=O)c2ccc(N3CCCC3)nc2)c2ccccc21. The summed E-state index contributed by atoms with van der Waals surface area (Å²) >= 11 is 0. The second kappa shape index (κ2) is 5.69. The molecule has 2 aromatic rings. The molecule has 0 N–H and O–H groups in total. The molecule has 1 saturated heterocycles. The summed E-state index contributed by atoms with van der Waals surface area (Å²) in [7, 11) is 0. The maximum absolute atomic E-state index is 12.9. The molecule has 0 spiro atoms. The van der Waals surface area contributed by atoms with Crippen molar-refractivity contribution in [2.75, 3.05) is 29.4 Å². The van der Waals surface area contributed by atoms with Crippen LogP contribution in [0.5, 0.6) is 0 Å².